The van der Waals surface area contributed by atoms with Gasteiger partial charge in [0, 0.05) is 43.8 Å². The minimum absolute atomic E-state index is 0.104. The summed E-state index contributed by atoms with van der Waals surface area (Å²) in [5, 5.41) is 3.61. The number of fused-ring (bicyclic) bond motifs is 1. The van der Waals surface area contributed by atoms with Crippen molar-refractivity contribution in [2.24, 2.45) is 5.92 Å². The van der Waals surface area contributed by atoms with E-state index in [1.165, 1.54) is 0 Å². The highest BCUT2D eigenvalue weighted by Gasteiger charge is 2.20. The summed E-state index contributed by atoms with van der Waals surface area (Å²) in [5.41, 5.74) is 1.66. The van der Waals surface area contributed by atoms with Crippen LogP contribution in [-0.2, 0) is 11.5 Å². The largest absolute Gasteiger partial charge is 0.429 e. The molecule has 2 heterocycles. The van der Waals surface area contributed by atoms with Crippen LogP contribution in [0.25, 0.3) is 11.1 Å². The average Bonchev–Trinajstić information content (AvgIpc) is 2.89. The number of hydrogen-bond acceptors (Lipinski definition) is 5. The maximum absolute atomic E-state index is 12.0. The van der Waals surface area contributed by atoms with E-state index in [4.69, 9.17) is 28.2 Å². The maximum atomic E-state index is 12.0. The lowest BCUT2D eigenvalue weighted by atomic mass is 10.2. The number of aromatic nitrogens is 1. The van der Waals surface area contributed by atoms with Gasteiger partial charge in [-0.3, -0.25) is 19.2 Å². The Hall–Kier alpha value is -1.41. The molecule has 0 atom stereocenters. The fourth-order valence-corrected chi connectivity index (χ4v) is 3.45. The predicted octanol–water partition coefficient (Wildman–Crippen LogP) is 2.96. The van der Waals surface area contributed by atoms with Crippen LogP contribution in [0.2, 0.25) is 5.02 Å². The Morgan fingerprint density at radius 1 is 1.27 bits per heavy atom. The molecule has 1 fully saturated rings. The van der Waals surface area contributed by atoms with Crippen molar-refractivity contribution in [3.8, 4) is 0 Å². The summed E-state index contributed by atoms with van der Waals surface area (Å²) in [6.45, 7) is 9.57. The Bertz CT molecular complexity index is 824. The molecule has 6 nitrogen and oxygen atoms in total. The number of carbonyl (C=O) groups is 1. The third-order valence-corrected chi connectivity index (χ3v) is 5.05. The molecule has 2 aromatic rings. The number of hydrogen-bond donors (Lipinski definition) is 1. The standard InChI is InChI=1S/C18H25ClN4O2S/c1-13(2)10-20-17(24)11-21-5-7-22(8-6-21)12-23-15-4-3-14(19)9-16(15)25-18(23)26/h3-4,9,13H,5-8,10-12H2,1-2H3,(H,20,24). The lowest BCUT2D eigenvalue weighted by molar-refractivity contribution is -0.122. The molecule has 8 heteroatoms. The van der Waals surface area contributed by atoms with Gasteiger partial charge in [0.25, 0.3) is 4.84 Å². The summed E-state index contributed by atoms with van der Waals surface area (Å²) < 4.78 is 7.64. The fraction of sp³-hybridized carbons (Fsp3) is 0.556. The van der Waals surface area contributed by atoms with Crippen LogP contribution in [0.5, 0.6) is 0 Å². The summed E-state index contributed by atoms with van der Waals surface area (Å²) in [7, 11) is 0. The zero-order valence-electron chi connectivity index (χ0n) is 15.2. The van der Waals surface area contributed by atoms with Crippen LogP contribution in [0.4, 0.5) is 0 Å². The summed E-state index contributed by atoms with van der Waals surface area (Å²) in [5.74, 6) is 0.576. The number of oxazole rings is 1. The van der Waals surface area contributed by atoms with E-state index < -0.39 is 0 Å². The number of carbonyl (C=O) groups excluding carboxylic acids is 1. The molecule has 1 amide bonds. The molecule has 0 unspecified atom stereocenters. The molecular weight excluding hydrogens is 372 g/mol. The first-order chi connectivity index (χ1) is 12.4. The van der Waals surface area contributed by atoms with E-state index >= 15 is 0 Å². The van der Waals surface area contributed by atoms with Crippen LogP contribution in [0.3, 0.4) is 0 Å². The van der Waals surface area contributed by atoms with Crippen LogP contribution >= 0.6 is 23.8 Å². The molecule has 0 aliphatic carbocycles. The maximum Gasteiger partial charge on any atom is 0.270 e. The van der Waals surface area contributed by atoms with Crippen molar-refractivity contribution in [2.45, 2.75) is 20.5 Å². The van der Waals surface area contributed by atoms with Gasteiger partial charge >= 0.3 is 0 Å². The molecule has 1 aromatic carbocycles. The second-order valence-electron chi connectivity index (χ2n) is 7.14. The zero-order chi connectivity index (χ0) is 18.7. The minimum atomic E-state index is 0.104. The lowest BCUT2D eigenvalue weighted by Gasteiger charge is -2.34. The first kappa shape index (κ1) is 19.4. The van der Waals surface area contributed by atoms with Gasteiger partial charge in [0.2, 0.25) is 5.91 Å². The number of halogens is 1. The summed E-state index contributed by atoms with van der Waals surface area (Å²) in [4.78, 5) is 16.9. The normalized spacial score (nSPS) is 16.5. The van der Waals surface area contributed by atoms with Crippen LogP contribution in [-0.4, -0.2) is 59.5 Å². The average molecular weight is 397 g/mol. The van der Waals surface area contributed by atoms with Gasteiger partial charge in [0.05, 0.1) is 18.7 Å². The molecule has 1 aliphatic rings. The number of piperazine rings is 1. The summed E-state index contributed by atoms with van der Waals surface area (Å²) in [6, 6.07) is 5.57. The Labute approximate surface area is 163 Å². The highest BCUT2D eigenvalue weighted by molar-refractivity contribution is 7.71. The van der Waals surface area contributed by atoms with Crippen molar-refractivity contribution >= 4 is 40.8 Å². The third-order valence-electron chi connectivity index (χ3n) is 4.51. The molecule has 3 rings (SSSR count). The smallest absolute Gasteiger partial charge is 0.270 e. The highest BCUT2D eigenvalue weighted by Crippen LogP contribution is 2.22. The van der Waals surface area contributed by atoms with E-state index in [0.29, 0.717) is 34.6 Å². The van der Waals surface area contributed by atoms with E-state index in [9.17, 15) is 4.79 Å². The van der Waals surface area contributed by atoms with Gasteiger partial charge in [-0.25, -0.2) is 0 Å². The summed E-state index contributed by atoms with van der Waals surface area (Å²) in [6.07, 6.45) is 0. The monoisotopic (exact) mass is 396 g/mol. The number of nitrogens with one attached hydrogen (secondary N) is 1. The highest BCUT2D eigenvalue weighted by atomic mass is 35.5. The number of nitrogens with zero attached hydrogens (tertiary/aromatic N) is 3. The van der Waals surface area contributed by atoms with Gasteiger partial charge in [-0.2, -0.15) is 0 Å². The second-order valence-corrected chi connectivity index (χ2v) is 7.93. The minimum Gasteiger partial charge on any atom is -0.429 e. The first-order valence-corrected chi connectivity index (χ1v) is 9.71. The Morgan fingerprint density at radius 3 is 2.65 bits per heavy atom. The molecule has 26 heavy (non-hydrogen) atoms. The van der Waals surface area contributed by atoms with Crippen LogP contribution in [0.15, 0.2) is 22.6 Å². The number of rotatable bonds is 6. The van der Waals surface area contributed by atoms with Crippen LogP contribution in [0, 0.1) is 10.8 Å². The molecule has 1 aromatic heterocycles. The van der Waals surface area contributed by atoms with Crippen LogP contribution in [0.1, 0.15) is 13.8 Å². The molecule has 0 bridgehead atoms. The lowest BCUT2D eigenvalue weighted by Crippen LogP contribution is -2.49. The van der Waals surface area contributed by atoms with Gasteiger partial charge in [-0.15, -0.1) is 0 Å². The molecule has 0 radical (unpaired) electrons. The van der Waals surface area contributed by atoms with E-state index in [0.717, 1.165) is 38.2 Å². The van der Waals surface area contributed by atoms with Crippen molar-refractivity contribution in [1.82, 2.24) is 19.7 Å². The van der Waals surface area contributed by atoms with E-state index in [1.54, 1.807) is 6.07 Å². The predicted molar refractivity (Wildman–Crippen MR) is 106 cm³/mol. The molecule has 1 saturated heterocycles. The first-order valence-electron chi connectivity index (χ1n) is 8.92. The van der Waals surface area contributed by atoms with Crippen molar-refractivity contribution in [1.29, 1.82) is 0 Å². The van der Waals surface area contributed by atoms with Gasteiger partial charge < -0.3 is 9.73 Å². The summed E-state index contributed by atoms with van der Waals surface area (Å²) >= 11 is 11.4. The van der Waals surface area contributed by atoms with E-state index in [-0.39, 0.29) is 5.91 Å². The quantitative estimate of drug-likeness (QED) is 0.761. The molecule has 1 N–H and O–H groups in total. The van der Waals surface area contributed by atoms with Crippen LogP contribution < -0.4 is 5.32 Å². The fourth-order valence-electron chi connectivity index (χ4n) is 3.04. The molecular formula is C18H25ClN4O2S. The Balaban J connectivity index is 1.54. The van der Waals surface area contributed by atoms with Crippen molar-refractivity contribution < 1.29 is 9.21 Å². The van der Waals surface area contributed by atoms with Crippen molar-refractivity contribution in [3.05, 3.63) is 28.1 Å². The second kappa shape index (κ2) is 8.52. The van der Waals surface area contributed by atoms with Gasteiger partial charge in [-0.05, 0) is 30.3 Å². The Morgan fingerprint density at radius 2 is 1.96 bits per heavy atom. The van der Waals surface area contributed by atoms with Gasteiger partial charge in [-0.1, -0.05) is 25.4 Å². The SMILES string of the molecule is CC(C)CNC(=O)CN1CCN(Cn2c(=S)oc3cc(Cl)ccc32)CC1. The van der Waals surface area contributed by atoms with Gasteiger partial charge in [0.1, 0.15) is 0 Å². The zero-order valence-corrected chi connectivity index (χ0v) is 16.8. The number of amides is 1. The Kier molecular flexibility index (Phi) is 6.34. The topological polar surface area (TPSA) is 53.7 Å². The van der Waals surface area contributed by atoms with E-state index in [2.05, 4.69) is 29.0 Å². The molecule has 0 saturated carbocycles. The van der Waals surface area contributed by atoms with Gasteiger partial charge in [0.15, 0.2) is 5.58 Å². The molecule has 142 valence electrons. The van der Waals surface area contributed by atoms with E-state index in [1.807, 2.05) is 16.7 Å². The molecule has 0 spiro atoms. The third kappa shape index (κ3) is 4.85. The van der Waals surface area contributed by atoms with Crippen molar-refractivity contribution in [3.63, 3.8) is 0 Å². The number of benzene rings is 1. The molecule has 1 aliphatic heterocycles. The van der Waals surface area contributed by atoms with Crippen molar-refractivity contribution in [2.75, 3.05) is 39.3 Å².